The summed E-state index contributed by atoms with van der Waals surface area (Å²) in [6.45, 7) is 5.67. The lowest BCUT2D eigenvalue weighted by Crippen LogP contribution is -2.62. The summed E-state index contributed by atoms with van der Waals surface area (Å²) >= 11 is 12.0. The lowest BCUT2D eigenvalue weighted by molar-refractivity contribution is -0.103. The Morgan fingerprint density at radius 1 is 1.35 bits per heavy atom. The molecule has 0 unspecified atom stereocenters. The van der Waals surface area contributed by atoms with Gasteiger partial charge in [0.1, 0.15) is 11.2 Å². The summed E-state index contributed by atoms with van der Waals surface area (Å²) in [7, 11) is 0. The topological polar surface area (TPSA) is 49.8 Å². The molecule has 6 heteroatoms. The SMILES string of the molecule is CC(C)(C)OC(=O)N1CC(O)(c2cc(Cl)ccc2Cl)C1. The molecule has 1 amide bonds. The van der Waals surface area contributed by atoms with E-state index in [0.717, 1.165) is 0 Å². The first-order valence-electron chi connectivity index (χ1n) is 6.27. The highest BCUT2D eigenvalue weighted by Gasteiger charge is 2.47. The number of amides is 1. The number of ether oxygens (including phenoxy) is 1. The quantitative estimate of drug-likeness (QED) is 0.863. The number of halogens is 2. The molecule has 0 bridgehead atoms. The third-order valence-corrected chi connectivity index (χ3v) is 3.55. The van der Waals surface area contributed by atoms with E-state index in [1.54, 1.807) is 39.0 Å². The predicted molar refractivity (Wildman–Crippen MR) is 78.2 cm³/mol. The second kappa shape index (κ2) is 5.10. The molecule has 4 nitrogen and oxygen atoms in total. The number of benzene rings is 1. The van der Waals surface area contributed by atoms with Crippen LogP contribution in [0, 0.1) is 0 Å². The van der Waals surface area contributed by atoms with E-state index < -0.39 is 17.3 Å². The largest absolute Gasteiger partial charge is 0.444 e. The van der Waals surface area contributed by atoms with E-state index in [4.69, 9.17) is 27.9 Å². The van der Waals surface area contributed by atoms with Crippen molar-refractivity contribution in [1.29, 1.82) is 0 Å². The highest BCUT2D eigenvalue weighted by atomic mass is 35.5. The summed E-state index contributed by atoms with van der Waals surface area (Å²) in [6.07, 6.45) is -0.444. The van der Waals surface area contributed by atoms with E-state index in [1.807, 2.05) is 0 Å². The number of carbonyl (C=O) groups excluding carboxylic acids is 1. The van der Waals surface area contributed by atoms with Crippen LogP contribution in [-0.4, -0.2) is 34.8 Å². The highest BCUT2D eigenvalue weighted by molar-refractivity contribution is 6.33. The van der Waals surface area contributed by atoms with Gasteiger partial charge in [0.25, 0.3) is 0 Å². The average molecular weight is 318 g/mol. The molecule has 0 aromatic heterocycles. The third-order valence-electron chi connectivity index (χ3n) is 2.99. The molecule has 1 aliphatic rings. The summed E-state index contributed by atoms with van der Waals surface area (Å²) in [4.78, 5) is 13.3. The lowest BCUT2D eigenvalue weighted by atomic mass is 9.86. The molecule has 0 saturated carbocycles. The number of rotatable bonds is 1. The fourth-order valence-electron chi connectivity index (χ4n) is 2.07. The van der Waals surface area contributed by atoms with Gasteiger partial charge >= 0.3 is 6.09 Å². The van der Waals surface area contributed by atoms with Crippen LogP contribution < -0.4 is 0 Å². The van der Waals surface area contributed by atoms with E-state index in [0.29, 0.717) is 15.6 Å². The monoisotopic (exact) mass is 317 g/mol. The zero-order valence-corrected chi connectivity index (χ0v) is 13.1. The van der Waals surface area contributed by atoms with Crippen LogP contribution in [-0.2, 0) is 10.3 Å². The van der Waals surface area contributed by atoms with Gasteiger partial charge in [-0.2, -0.15) is 0 Å². The van der Waals surface area contributed by atoms with Crippen molar-refractivity contribution < 1.29 is 14.6 Å². The molecule has 20 heavy (non-hydrogen) atoms. The number of likely N-dealkylation sites (tertiary alicyclic amines) is 1. The maximum absolute atomic E-state index is 11.8. The molecule has 2 rings (SSSR count). The van der Waals surface area contributed by atoms with Gasteiger partial charge in [-0.15, -0.1) is 0 Å². The van der Waals surface area contributed by atoms with Crippen molar-refractivity contribution in [2.75, 3.05) is 13.1 Å². The van der Waals surface area contributed by atoms with E-state index in [-0.39, 0.29) is 13.1 Å². The van der Waals surface area contributed by atoms with Crippen LogP contribution in [0.1, 0.15) is 26.3 Å². The Bertz CT molecular complexity index is 534. The van der Waals surface area contributed by atoms with Crippen LogP contribution in [0.3, 0.4) is 0 Å². The summed E-state index contributed by atoms with van der Waals surface area (Å²) < 4.78 is 5.24. The molecule has 1 aromatic carbocycles. The Kier molecular flexibility index (Phi) is 3.93. The zero-order chi connectivity index (χ0) is 15.1. The Balaban J connectivity index is 2.07. The molecule has 110 valence electrons. The maximum Gasteiger partial charge on any atom is 0.410 e. The molecule has 1 aliphatic heterocycles. The van der Waals surface area contributed by atoms with Crippen molar-refractivity contribution in [3.63, 3.8) is 0 Å². The van der Waals surface area contributed by atoms with Crippen molar-refractivity contribution in [3.05, 3.63) is 33.8 Å². The van der Waals surface area contributed by atoms with Gasteiger partial charge in [-0.3, -0.25) is 0 Å². The first-order chi connectivity index (χ1) is 9.11. The molecule has 1 heterocycles. The second-order valence-electron chi connectivity index (χ2n) is 5.99. The molecule has 1 N–H and O–H groups in total. The van der Waals surface area contributed by atoms with Crippen LogP contribution in [0.25, 0.3) is 0 Å². The number of hydrogen-bond acceptors (Lipinski definition) is 3. The van der Waals surface area contributed by atoms with Crippen molar-refractivity contribution in [2.24, 2.45) is 0 Å². The smallest absolute Gasteiger partial charge is 0.410 e. The molecule has 1 aromatic rings. The summed E-state index contributed by atoms with van der Waals surface area (Å²) in [5.41, 5.74) is -1.19. The van der Waals surface area contributed by atoms with E-state index in [2.05, 4.69) is 0 Å². The third kappa shape index (κ3) is 3.19. The van der Waals surface area contributed by atoms with Gasteiger partial charge in [-0.1, -0.05) is 23.2 Å². The van der Waals surface area contributed by atoms with Crippen molar-refractivity contribution >= 4 is 29.3 Å². The van der Waals surface area contributed by atoms with Gasteiger partial charge in [0.15, 0.2) is 0 Å². The van der Waals surface area contributed by atoms with Crippen molar-refractivity contribution in [3.8, 4) is 0 Å². The molecular formula is C14H17Cl2NO3. The van der Waals surface area contributed by atoms with Crippen molar-refractivity contribution in [2.45, 2.75) is 32.0 Å². The zero-order valence-electron chi connectivity index (χ0n) is 11.6. The molecule has 1 fully saturated rings. The Morgan fingerprint density at radius 2 is 1.95 bits per heavy atom. The van der Waals surface area contributed by atoms with Crippen LogP contribution in [0.2, 0.25) is 10.0 Å². The molecule has 0 aliphatic carbocycles. The Labute approximate surface area is 128 Å². The van der Waals surface area contributed by atoms with Gasteiger partial charge in [0.05, 0.1) is 13.1 Å². The minimum absolute atomic E-state index is 0.141. The Hall–Kier alpha value is -0.970. The molecule has 0 spiro atoms. The fourth-order valence-corrected chi connectivity index (χ4v) is 2.53. The van der Waals surface area contributed by atoms with Crippen LogP contribution in [0.5, 0.6) is 0 Å². The lowest BCUT2D eigenvalue weighted by Gasteiger charge is -2.46. The van der Waals surface area contributed by atoms with Crippen molar-refractivity contribution in [1.82, 2.24) is 4.90 Å². The average Bonchev–Trinajstić information content (AvgIpc) is 2.25. The first-order valence-corrected chi connectivity index (χ1v) is 7.02. The van der Waals surface area contributed by atoms with E-state index in [9.17, 15) is 9.90 Å². The summed E-state index contributed by atoms with van der Waals surface area (Å²) in [5.74, 6) is 0. The van der Waals surface area contributed by atoms with E-state index >= 15 is 0 Å². The van der Waals surface area contributed by atoms with Gasteiger partial charge in [0.2, 0.25) is 0 Å². The summed E-state index contributed by atoms with van der Waals surface area (Å²) in [5, 5.41) is 11.4. The minimum Gasteiger partial charge on any atom is -0.444 e. The minimum atomic E-state index is -1.17. The van der Waals surface area contributed by atoms with Gasteiger partial charge < -0.3 is 14.7 Å². The second-order valence-corrected chi connectivity index (χ2v) is 6.84. The first kappa shape index (κ1) is 15.4. The number of carbonyl (C=O) groups is 1. The van der Waals surface area contributed by atoms with Gasteiger partial charge in [-0.05, 0) is 39.0 Å². The summed E-state index contributed by atoms with van der Waals surface area (Å²) in [6, 6.07) is 4.91. The maximum atomic E-state index is 11.8. The molecular weight excluding hydrogens is 301 g/mol. The highest BCUT2D eigenvalue weighted by Crippen LogP contribution is 2.37. The molecule has 0 atom stereocenters. The molecule has 1 saturated heterocycles. The number of aliphatic hydroxyl groups is 1. The van der Waals surface area contributed by atoms with Crippen LogP contribution in [0.15, 0.2) is 18.2 Å². The molecule has 0 radical (unpaired) electrons. The standard InChI is InChI=1S/C14H17Cl2NO3/c1-13(2,3)20-12(18)17-7-14(19,8-17)10-6-9(15)4-5-11(10)16/h4-6,19H,7-8H2,1-3H3. The van der Waals surface area contributed by atoms with Gasteiger partial charge in [-0.25, -0.2) is 4.79 Å². The van der Waals surface area contributed by atoms with Crippen LogP contribution in [0.4, 0.5) is 4.79 Å². The number of β-amino-alcohol motifs (C(OH)–C–C–N with tert-alkyl or cyclic N) is 1. The number of nitrogens with zero attached hydrogens (tertiary/aromatic N) is 1. The van der Waals surface area contributed by atoms with Gasteiger partial charge in [0, 0.05) is 15.6 Å². The fraction of sp³-hybridized carbons (Fsp3) is 0.500. The Morgan fingerprint density at radius 3 is 2.50 bits per heavy atom. The van der Waals surface area contributed by atoms with E-state index in [1.165, 1.54) is 4.90 Å². The number of hydrogen-bond donors (Lipinski definition) is 1. The normalized spacial score (nSPS) is 17.6. The van der Waals surface area contributed by atoms with Crippen LogP contribution >= 0.6 is 23.2 Å². The predicted octanol–water partition coefficient (Wildman–Crippen LogP) is 3.43.